The standard InChI is InChI=1S/C8H18NO5P/c1-2-5-12-6-3-7-13-15(10,11)14-8-4-9/h2H,1,3-9H2,(H,10,11). The van der Waals surface area contributed by atoms with Crippen LogP contribution in [0.4, 0.5) is 0 Å². The maximum absolute atomic E-state index is 11.1. The zero-order valence-electron chi connectivity index (χ0n) is 8.63. The minimum atomic E-state index is -3.92. The van der Waals surface area contributed by atoms with Crippen LogP contribution in [0.25, 0.3) is 0 Å². The van der Waals surface area contributed by atoms with Gasteiger partial charge in [-0.25, -0.2) is 4.57 Å². The van der Waals surface area contributed by atoms with Crippen molar-refractivity contribution in [3.63, 3.8) is 0 Å². The smallest absolute Gasteiger partial charge is 0.377 e. The van der Waals surface area contributed by atoms with Crippen molar-refractivity contribution in [2.75, 3.05) is 33.0 Å². The summed E-state index contributed by atoms with van der Waals surface area (Å²) in [6, 6.07) is 0. The molecule has 0 saturated heterocycles. The lowest BCUT2D eigenvalue weighted by Gasteiger charge is -2.11. The second-order valence-corrected chi connectivity index (χ2v) is 4.09. The third-order valence-corrected chi connectivity index (χ3v) is 2.31. The first-order valence-electron chi connectivity index (χ1n) is 4.63. The van der Waals surface area contributed by atoms with Crippen LogP contribution in [-0.2, 0) is 18.3 Å². The fourth-order valence-corrected chi connectivity index (χ4v) is 1.48. The van der Waals surface area contributed by atoms with Gasteiger partial charge in [0.2, 0.25) is 0 Å². The molecule has 0 heterocycles. The van der Waals surface area contributed by atoms with Crippen molar-refractivity contribution < 1.29 is 23.2 Å². The van der Waals surface area contributed by atoms with Gasteiger partial charge in [0.1, 0.15) is 0 Å². The Balaban J connectivity index is 3.40. The molecule has 0 aliphatic carbocycles. The van der Waals surface area contributed by atoms with E-state index in [0.29, 0.717) is 19.6 Å². The van der Waals surface area contributed by atoms with Gasteiger partial charge < -0.3 is 15.4 Å². The minimum absolute atomic E-state index is 0.000736. The molecule has 0 rings (SSSR count). The molecule has 6 nitrogen and oxygen atoms in total. The molecule has 0 bridgehead atoms. The van der Waals surface area contributed by atoms with Gasteiger partial charge in [-0.05, 0) is 6.42 Å². The second-order valence-electron chi connectivity index (χ2n) is 2.64. The Bertz CT molecular complexity index is 211. The maximum atomic E-state index is 11.1. The van der Waals surface area contributed by atoms with Crippen molar-refractivity contribution in [2.45, 2.75) is 6.42 Å². The van der Waals surface area contributed by atoms with Crippen LogP contribution >= 0.6 is 7.82 Å². The van der Waals surface area contributed by atoms with Crippen LogP contribution < -0.4 is 5.73 Å². The lowest BCUT2D eigenvalue weighted by molar-refractivity contribution is 0.118. The molecule has 0 aliphatic heterocycles. The van der Waals surface area contributed by atoms with E-state index in [1.165, 1.54) is 0 Å². The summed E-state index contributed by atoms with van der Waals surface area (Å²) in [6.45, 7) is 4.67. The number of phosphoric ester groups is 1. The largest absolute Gasteiger partial charge is 0.472 e. The van der Waals surface area contributed by atoms with E-state index in [4.69, 9.17) is 15.4 Å². The van der Waals surface area contributed by atoms with Gasteiger partial charge in [-0.3, -0.25) is 9.05 Å². The lowest BCUT2D eigenvalue weighted by atomic mass is 10.5. The molecule has 0 aliphatic rings. The van der Waals surface area contributed by atoms with E-state index < -0.39 is 7.82 Å². The van der Waals surface area contributed by atoms with E-state index >= 15 is 0 Å². The molecular weight excluding hydrogens is 221 g/mol. The zero-order chi connectivity index (χ0) is 11.6. The molecule has 0 radical (unpaired) electrons. The molecule has 0 fully saturated rings. The number of hydrogen-bond acceptors (Lipinski definition) is 5. The molecule has 1 atom stereocenters. The summed E-state index contributed by atoms with van der Waals surface area (Å²) in [7, 11) is -3.92. The summed E-state index contributed by atoms with van der Waals surface area (Å²) in [5, 5.41) is 0. The average molecular weight is 239 g/mol. The first kappa shape index (κ1) is 14.8. The predicted molar refractivity (Wildman–Crippen MR) is 56.4 cm³/mol. The van der Waals surface area contributed by atoms with E-state index in [1.54, 1.807) is 6.08 Å². The number of nitrogens with two attached hydrogens (primary N) is 1. The van der Waals surface area contributed by atoms with E-state index in [9.17, 15) is 4.57 Å². The number of rotatable bonds is 10. The first-order valence-corrected chi connectivity index (χ1v) is 6.12. The fraction of sp³-hybridized carbons (Fsp3) is 0.750. The zero-order valence-corrected chi connectivity index (χ0v) is 9.53. The molecular formula is C8H18NO5P. The van der Waals surface area contributed by atoms with Crippen molar-refractivity contribution in [3.05, 3.63) is 12.7 Å². The molecule has 15 heavy (non-hydrogen) atoms. The SMILES string of the molecule is C=CCOCCCOP(=O)(O)OCCN. The van der Waals surface area contributed by atoms with E-state index in [-0.39, 0.29) is 19.8 Å². The van der Waals surface area contributed by atoms with Gasteiger partial charge in [0.15, 0.2) is 0 Å². The quantitative estimate of drug-likeness (QED) is 0.331. The van der Waals surface area contributed by atoms with Gasteiger partial charge in [-0.15, -0.1) is 6.58 Å². The van der Waals surface area contributed by atoms with E-state index in [2.05, 4.69) is 15.6 Å². The van der Waals surface area contributed by atoms with Crippen LogP contribution in [0.2, 0.25) is 0 Å². The van der Waals surface area contributed by atoms with Gasteiger partial charge in [-0.2, -0.15) is 0 Å². The van der Waals surface area contributed by atoms with E-state index in [1.807, 2.05) is 0 Å². The summed E-state index contributed by atoms with van der Waals surface area (Å²) in [4.78, 5) is 9.05. The van der Waals surface area contributed by atoms with Crippen LogP contribution in [0.3, 0.4) is 0 Å². The highest BCUT2D eigenvalue weighted by Gasteiger charge is 2.19. The third kappa shape index (κ3) is 10.1. The molecule has 0 spiro atoms. The molecule has 3 N–H and O–H groups in total. The molecule has 0 amide bonds. The van der Waals surface area contributed by atoms with Crippen molar-refractivity contribution >= 4 is 7.82 Å². The van der Waals surface area contributed by atoms with Gasteiger partial charge in [0, 0.05) is 13.2 Å². The lowest BCUT2D eigenvalue weighted by Crippen LogP contribution is -2.08. The average Bonchev–Trinajstić information content (AvgIpc) is 2.20. The highest BCUT2D eigenvalue weighted by atomic mass is 31.2. The van der Waals surface area contributed by atoms with Crippen LogP contribution in [0.1, 0.15) is 6.42 Å². The monoisotopic (exact) mass is 239 g/mol. The van der Waals surface area contributed by atoms with Crippen molar-refractivity contribution in [1.29, 1.82) is 0 Å². The highest BCUT2D eigenvalue weighted by molar-refractivity contribution is 7.47. The Morgan fingerprint density at radius 2 is 2.00 bits per heavy atom. The number of hydrogen-bond donors (Lipinski definition) is 2. The van der Waals surface area contributed by atoms with Crippen molar-refractivity contribution in [3.8, 4) is 0 Å². The Morgan fingerprint density at radius 1 is 1.33 bits per heavy atom. The second kappa shape index (κ2) is 9.03. The highest BCUT2D eigenvalue weighted by Crippen LogP contribution is 2.42. The molecule has 0 aromatic heterocycles. The van der Waals surface area contributed by atoms with Gasteiger partial charge in [0.25, 0.3) is 0 Å². The molecule has 1 unspecified atom stereocenters. The number of phosphoric acid groups is 1. The Labute approximate surface area is 89.6 Å². The molecule has 0 aromatic rings. The maximum Gasteiger partial charge on any atom is 0.472 e. The Hall–Kier alpha value is -0.230. The summed E-state index contributed by atoms with van der Waals surface area (Å²) in [5.74, 6) is 0. The number of ether oxygens (including phenoxy) is 1. The van der Waals surface area contributed by atoms with Crippen molar-refractivity contribution in [1.82, 2.24) is 0 Å². The first-order chi connectivity index (χ1) is 7.12. The van der Waals surface area contributed by atoms with Gasteiger partial charge in [-0.1, -0.05) is 6.08 Å². The van der Waals surface area contributed by atoms with E-state index in [0.717, 1.165) is 0 Å². The summed E-state index contributed by atoms with van der Waals surface area (Å²) < 4.78 is 25.3. The third-order valence-electron chi connectivity index (χ3n) is 1.30. The predicted octanol–water partition coefficient (Wildman–Crippen LogP) is 0.671. The summed E-state index contributed by atoms with van der Waals surface area (Å²) in [6.07, 6.45) is 2.15. The van der Waals surface area contributed by atoms with Crippen LogP contribution in [0.5, 0.6) is 0 Å². The van der Waals surface area contributed by atoms with Gasteiger partial charge in [0.05, 0.1) is 19.8 Å². The van der Waals surface area contributed by atoms with Crippen molar-refractivity contribution in [2.24, 2.45) is 5.73 Å². The molecule has 90 valence electrons. The minimum Gasteiger partial charge on any atom is -0.377 e. The van der Waals surface area contributed by atoms with Crippen LogP contribution in [-0.4, -0.2) is 37.9 Å². The molecule has 7 heteroatoms. The van der Waals surface area contributed by atoms with Crippen LogP contribution in [0, 0.1) is 0 Å². The normalized spacial score (nSPS) is 14.8. The summed E-state index contributed by atoms with van der Waals surface area (Å²) >= 11 is 0. The Morgan fingerprint density at radius 3 is 2.60 bits per heavy atom. The summed E-state index contributed by atoms with van der Waals surface area (Å²) in [5.41, 5.74) is 5.10. The topological polar surface area (TPSA) is 91.0 Å². The van der Waals surface area contributed by atoms with Crippen LogP contribution in [0.15, 0.2) is 12.7 Å². The molecule has 0 saturated carbocycles. The Kier molecular flexibility index (Phi) is 8.89. The van der Waals surface area contributed by atoms with Gasteiger partial charge >= 0.3 is 7.82 Å². The molecule has 0 aromatic carbocycles. The fourth-order valence-electron chi connectivity index (χ4n) is 0.713.